The molecule has 3 saturated heterocycles. The Hall–Kier alpha value is -2.76. The van der Waals surface area contributed by atoms with E-state index in [4.69, 9.17) is 9.47 Å². The number of carbonyl (C=O) groups excluding carboxylic acids is 2. The third kappa shape index (κ3) is 2.36. The zero-order valence-electron chi connectivity index (χ0n) is 16.9. The van der Waals surface area contributed by atoms with Crippen molar-refractivity contribution in [1.29, 1.82) is 0 Å². The van der Waals surface area contributed by atoms with E-state index in [1.165, 1.54) is 0 Å². The lowest BCUT2D eigenvalue weighted by molar-refractivity contribution is -0.164. The van der Waals surface area contributed by atoms with E-state index in [1.807, 2.05) is 56.5 Å². The van der Waals surface area contributed by atoms with Crippen molar-refractivity contribution in [1.82, 2.24) is 4.90 Å². The number of hydrogen-bond acceptors (Lipinski definition) is 5. The van der Waals surface area contributed by atoms with Crippen LogP contribution in [0.15, 0.2) is 48.7 Å². The minimum absolute atomic E-state index is 0.0372. The van der Waals surface area contributed by atoms with E-state index in [1.54, 1.807) is 0 Å². The monoisotopic (exact) mass is 401 g/mol. The molecule has 4 aliphatic heterocycles. The van der Waals surface area contributed by atoms with Crippen molar-refractivity contribution in [3.63, 3.8) is 0 Å². The minimum Gasteiger partial charge on any atom is -0.359 e. The van der Waals surface area contributed by atoms with Gasteiger partial charge in [0, 0.05) is 17.7 Å². The number of ketones is 2. The highest BCUT2D eigenvalue weighted by Crippen LogP contribution is 2.54. The first-order valence-electron chi connectivity index (χ1n) is 10.5. The highest BCUT2D eigenvalue weighted by molar-refractivity contribution is 6.03. The molecule has 0 spiro atoms. The first kappa shape index (κ1) is 18.0. The van der Waals surface area contributed by atoms with Gasteiger partial charge in [-0.3, -0.25) is 9.59 Å². The molecule has 6 rings (SSSR count). The van der Waals surface area contributed by atoms with E-state index in [0.29, 0.717) is 12.2 Å². The maximum absolute atomic E-state index is 13.9. The molecule has 4 aliphatic rings. The number of rotatable bonds is 2. The van der Waals surface area contributed by atoms with Gasteiger partial charge in [-0.2, -0.15) is 0 Å². The molecular weight excluding hydrogens is 378 g/mol. The van der Waals surface area contributed by atoms with Crippen LogP contribution in [-0.4, -0.2) is 41.5 Å². The van der Waals surface area contributed by atoms with Gasteiger partial charge in [0.05, 0.1) is 30.7 Å². The van der Waals surface area contributed by atoms with E-state index >= 15 is 0 Å². The van der Waals surface area contributed by atoms with Crippen molar-refractivity contribution in [2.24, 2.45) is 11.8 Å². The predicted molar refractivity (Wildman–Crippen MR) is 111 cm³/mol. The maximum Gasteiger partial charge on any atom is 0.218 e. The van der Waals surface area contributed by atoms with E-state index < -0.39 is 12.3 Å². The van der Waals surface area contributed by atoms with Gasteiger partial charge in [0.15, 0.2) is 11.6 Å². The lowest BCUT2D eigenvalue weighted by Gasteiger charge is -2.34. The lowest BCUT2D eigenvalue weighted by atomic mass is 9.75. The molecule has 0 unspecified atom stereocenters. The van der Waals surface area contributed by atoms with Crippen molar-refractivity contribution in [2.75, 3.05) is 6.61 Å². The highest BCUT2D eigenvalue weighted by Gasteiger charge is 2.63. The van der Waals surface area contributed by atoms with Crippen LogP contribution in [-0.2, 0) is 14.3 Å². The van der Waals surface area contributed by atoms with Crippen molar-refractivity contribution >= 4 is 17.6 Å². The van der Waals surface area contributed by atoms with Crippen molar-refractivity contribution in [3.05, 3.63) is 76.5 Å². The molecular formula is C25H23NO4. The Kier molecular flexibility index (Phi) is 3.83. The third-order valence-electron chi connectivity index (χ3n) is 7.12. The van der Waals surface area contributed by atoms with E-state index in [-0.39, 0.29) is 35.5 Å². The van der Waals surface area contributed by atoms with Crippen LogP contribution in [0, 0.1) is 25.7 Å². The van der Waals surface area contributed by atoms with Crippen LogP contribution in [0.4, 0.5) is 0 Å². The van der Waals surface area contributed by atoms with E-state index in [0.717, 1.165) is 22.3 Å². The zero-order chi connectivity index (χ0) is 20.6. The summed E-state index contributed by atoms with van der Waals surface area (Å²) in [5, 5.41) is 0. The van der Waals surface area contributed by atoms with Crippen molar-refractivity contribution in [3.8, 4) is 0 Å². The molecule has 5 nitrogen and oxygen atoms in total. The van der Waals surface area contributed by atoms with Gasteiger partial charge in [-0.25, -0.2) is 0 Å². The summed E-state index contributed by atoms with van der Waals surface area (Å²) in [5.41, 5.74) is 5.00. The zero-order valence-corrected chi connectivity index (χ0v) is 16.9. The van der Waals surface area contributed by atoms with Gasteiger partial charge in [0.25, 0.3) is 0 Å². The van der Waals surface area contributed by atoms with Crippen LogP contribution in [0.25, 0.3) is 6.08 Å². The maximum atomic E-state index is 13.9. The molecule has 152 valence electrons. The summed E-state index contributed by atoms with van der Waals surface area (Å²) < 4.78 is 11.6. The number of Topliss-reactive ketones (excluding diaryl/α,β-unsaturated/α-hetero) is 2. The Morgan fingerprint density at radius 1 is 1.13 bits per heavy atom. The Labute approximate surface area is 175 Å². The number of fused-ring (bicyclic) bond motifs is 8. The average Bonchev–Trinajstić information content (AvgIpc) is 3.33. The minimum atomic E-state index is -0.800. The predicted octanol–water partition coefficient (Wildman–Crippen LogP) is 3.45. The van der Waals surface area contributed by atoms with Crippen LogP contribution >= 0.6 is 0 Å². The second-order valence-corrected chi connectivity index (χ2v) is 8.81. The highest BCUT2D eigenvalue weighted by atomic mass is 16.7. The fraction of sp³-hybridized carbons (Fsp3) is 0.360. The fourth-order valence-electron chi connectivity index (χ4n) is 5.87. The molecule has 0 amide bonds. The van der Waals surface area contributed by atoms with Crippen molar-refractivity contribution in [2.45, 2.75) is 38.3 Å². The summed E-state index contributed by atoms with van der Waals surface area (Å²) >= 11 is 0. The molecule has 5 heteroatoms. The number of carbonyl (C=O) groups is 2. The topological polar surface area (TPSA) is 55.8 Å². The summed E-state index contributed by atoms with van der Waals surface area (Å²) in [5.74, 6) is -0.534. The SMILES string of the molecule is Cc1ccc(C(=O)[C@@H]2[C@@H]3[C@@H](C(=O)[C@@H]4OC[C@H]3O4)[C@@H]3c4ccccc4C=CN23)c(C)c1. The molecule has 2 bridgehead atoms. The molecule has 30 heavy (non-hydrogen) atoms. The smallest absolute Gasteiger partial charge is 0.218 e. The summed E-state index contributed by atoms with van der Waals surface area (Å²) in [4.78, 5) is 29.3. The summed E-state index contributed by atoms with van der Waals surface area (Å²) in [6, 6.07) is 13.4. The quantitative estimate of drug-likeness (QED) is 0.722. The third-order valence-corrected chi connectivity index (χ3v) is 7.12. The second kappa shape index (κ2) is 6.37. The number of nitrogens with zero attached hydrogens (tertiary/aromatic N) is 1. The average molecular weight is 401 g/mol. The molecule has 2 aromatic rings. The van der Waals surface area contributed by atoms with Crippen LogP contribution in [0.1, 0.15) is 38.7 Å². The molecule has 6 atom stereocenters. The van der Waals surface area contributed by atoms with Crippen LogP contribution in [0.2, 0.25) is 0 Å². The van der Waals surface area contributed by atoms with Crippen LogP contribution in [0.5, 0.6) is 0 Å². The van der Waals surface area contributed by atoms with Crippen LogP contribution < -0.4 is 0 Å². The Bertz CT molecular complexity index is 1110. The molecule has 0 N–H and O–H groups in total. The second-order valence-electron chi connectivity index (χ2n) is 8.81. The van der Waals surface area contributed by atoms with E-state index in [2.05, 4.69) is 17.0 Å². The number of hydrogen-bond donors (Lipinski definition) is 0. The van der Waals surface area contributed by atoms with Gasteiger partial charge in [-0.05, 0) is 36.6 Å². The molecule has 0 saturated carbocycles. The molecule has 4 heterocycles. The van der Waals surface area contributed by atoms with E-state index in [9.17, 15) is 9.59 Å². The Morgan fingerprint density at radius 3 is 2.80 bits per heavy atom. The standard InChI is InChI=1S/C25H23NO4/c1-13-7-8-16(14(2)11-13)23(27)22-19-18-12-29-25(30-18)24(28)20(19)21-17-6-4-3-5-15(17)9-10-26(21)22/h3-11,18-22,25H,12H2,1-2H3/t18-,19+,20-,21+,22+,25-/m1/s1. The molecule has 0 aliphatic carbocycles. The van der Waals surface area contributed by atoms with Gasteiger partial charge < -0.3 is 14.4 Å². The van der Waals surface area contributed by atoms with Crippen LogP contribution in [0.3, 0.4) is 0 Å². The fourth-order valence-corrected chi connectivity index (χ4v) is 5.87. The largest absolute Gasteiger partial charge is 0.359 e. The molecule has 3 fully saturated rings. The normalized spacial score (nSPS) is 33.3. The van der Waals surface area contributed by atoms with Gasteiger partial charge in [0.2, 0.25) is 6.29 Å². The van der Waals surface area contributed by atoms with Gasteiger partial charge in [-0.15, -0.1) is 0 Å². The number of ether oxygens (including phenoxy) is 2. The molecule has 2 aromatic carbocycles. The van der Waals surface area contributed by atoms with Crippen molar-refractivity contribution < 1.29 is 19.1 Å². The Balaban J connectivity index is 1.51. The first-order valence-corrected chi connectivity index (χ1v) is 10.5. The number of benzene rings is 2. The summed E-state index contributed by atoms with van der Waals surface area (Å²) in [7, 11) is 0. The lowest BCUT2D eigenvalue weighted by Crippen LogP contribution is -2.48. The molecule has 0 radical (unpaired) electrons. The van der Waals surface area contributed by atoms with Gasteiger partial charge in [0.1, 0.15) is 0 Å². The first-order chi connectivity index (χ1) is 14.5. The van der Waals surface area contributed by atoms with Gasteiger partial charge in [-0.1, -0.05) is 48.0 Å². The summed E-state index contributed by atoms with van der Waals surface area (Å²) in [6.45, 7) is 4.36. The number of aryl methyl sites for hydroxylation is 2. The Morgan fingerprint density at radius 2 is 1.97 bits per heavy atom. The van der Waals surface area contributed by atoms with Gasteiger partial charge >= 0.3 is 0 Å². The summed E-state index contributed by atoms with van der Waals surface area (Å²) in [6.07, 6.45) is 3.00. The molecule has 0 aromatic heterocycles.